The van der Waals surface area contributed by atoms with Crippen LogP contribution in [-0.2, 0) is 15.6 Å². The Kier molecular flexibility index (Phi) is 2.82. The number of halogens is 3. The zero-order valence-corrected chi connectivity index (χ0v) is 9.02. The van der Waals surface area contributed by atoms with Crippen LogP contribution >= 0.6 is 0 Å². The number of alkyl halides is 3. The van der Waals surface area contributed by atoms with E-state index in [2.05, 4.69) is 5.32 Å². The molecular formula is C9H6F3NO3S. The van der Waals surface area contributed by atoms with E-state index >= 15 is 0 Å². The van der Waals surface area contributed by atoms with Gasteiger partial charge in [-0.2, -0.15) is 13.2 Å². The van der Waals surface area contributed by atoms with Gasteiger partial charge in [-0.25, -0.2) is 4.21 Å². The van der Waals surface area contributed by atoms with E-state index in [1.54, 1.807) is 0 Å². The van der Waals surface area contributed by atoms with Gasteiger partial charge in [0.2, 0.25) is 0 Å². The molecule has 17 heavy (non-hydrogen) atoms. The quantitative estimate of drug-likeness (QED) is 0.840. The van der Waals surface area contributed by atoms with E-state index in [1.807, 2.05) is 0 Å². The van der Waals surface area contributed by atoms with Crippen molar-refractivity contribution in [3.63, 3.8) is 0 Å². The minimum atomic E-state index is -4.83. The van der Waals surface area contributed by atoms with Crippen molar-refractivity contribution in [1.82, 2.24) is 0 Å². The molecule has 0 aliphatic carbocycles. The maximum Gasteiger partial charge on any atom is 0.475 e. The van der Waals surface area contributed by atoms with E-state index in [1.165, 1.54) is 6.07 Å². The predicted octanol–water partition coefficient (Wildman–Crippen LogP) is 1.64. The number of amides is 1. The molecule has 0 saturated heterocycles. The molecule has 1 amide bonds. The first-order chi connectivity index (χ1) is 7.88. The van der Waals surface area contributed by atoms with Crippen molar-refractivity contribution in [2.45, 2.75) is 10.4 Å². The van der Waals surface area contributed by atoms with Crippen LogP contribution in [0.1, 0.15) is 0 Å². The first-order valence-corrected chi connectivity index (χ1v) is 5.58. The van der Waals surface area contributed by atoms with Gasteiger partial charge in [0.1, 0.15) is 5.75 Å². The topological polar surface area (TPSA) is 55.4 Å². The molecule has 1 atom stereocenters. The number of rotatable bonds is 1. The van der Waals surface area contributed by atoms with Crippen LogP contribution in [0.4, 0.5) is 18.9 Å². The third kappa shape index (κ3) is 2.41. The van der Waals surface area contributed by atoms with Crippen molar-refractivity contribution < 1.29 is 26.9 Å². The van der Waals surface area contributed by atoms with E-state index in [9.17, 15) is 22.2 Å². The summed E-state index contributed by atoms with van der Waals surface area (Å²) in [4.78, 5) is 10.5. The Morgan fingerprint density at radius 3 is 2.71 bits per heavy atom. The summed E-state index contributed by atoms with van der Waals surface area (Å²) in [6.07, 6.45) is 0. The number of nitrogens with one attached hydrogen (secondary N) is 1. The molecule has 0 aromatic heterocycles. The molecule has 0 saturated carbocycles. The van der Waals surface area contributed by atoms with Crippen molar-refractivity contribution in [3.8, 4) is 5.75 Å². The van der Waals surface area contributed by atoms with Crippen molar-refractivity contribution in [2.75, 3.05) is 11.9 Å². The van der Waals surface area contributed by atoms with Crippen LogP contribution in [0.25, 0.3) is 0 Å². The Hall–Kier alpha value is -1.57. The summed E-state index contributed by atoms with van der Waals surface area (Å²) in [5.41, 5.74) is -4.73. The van der Waals surface area contributed by atoms with Crippen LogP contribution in [-0.4, -0.2) is 22.2 Å². The highest BCUT2D eigenvalue weighted by molar-refractivity contribution is 7.86. The molecular weight excluding hydrogens is 259 g/mol. The summed E-state index contributed by atoms with van der Waals surface area (Å²) in [7, 11) is -3.12. The van der Waals surface area contributed by atoms with Gasteiger partial charge in [-0.3, -0.25) is 4.79 Å². The van der Waals surface area contributed by atoms with E-state index in [-0.39, 0.29) is 18.0 Å². The second-order valence-electron chi connectivity index (χ2n) is 3.21. The van der Waals surface area contributed by atoms with Crippen LogP contribution < -0.4 is 10.1 Å². The molecule has 1 aliphatic heterocycles. The van der Waals surface area contributed by atoms with Gasteiger partial charge in [-0.05, 0) is 18.2 Å². The average molecular weight is 265 g/mol. The molecule has 1 aromatic rings. The number of benzene rings is 1. The summed E-state index contributed by atoms with van der Waals surface area (Å²) >= 11 is 0. The lowest BCUT2D eigenvalue weighted by molar-refractivity contribution is -0.118. The Bertz CT molecular complexity index is 501. The van der Waals surface area contributed by atoms with Crippen molar-refractivity contribution >= 4 is 22.4 Å². The maximum absolute atomic E-state index is 12.2. The van der Waals surface area contributed by atoms with Gasteiger partial charge in [0.05, 0.1) is 10.6 Å². The minimum Gasteiger partial charge on any atom is -0.482 e. The van der Waals surface area contributed by atoms with E-state index in [0.29, 0.717) is 0 Å². The molecule has 4 nitrogen and oxygen atoms in total. The second kappa shape index (κ2) is 4.02. The van der Waals surface area contributed by atoms with Crippen molar-refractivity contribution in [3.05, 3.63) is 18.2 Å². The fraction of sp³-hybridized carbons (Fsp3) is 0.222. The van der Waals surface area contributed by atoms with Gasteiger partial charge in [-0.15, -0.1) is 0 Å². The smallest absolute Gasteiger partial charge is 0.475 e. The van der Waals surface area contributed by atoms with Crippen LogP contribution in [0.2, 0.25) is 0 Å². The summed E-state index contributed by atoms with van der Waals surface area (Å²) in [6, 6.07) is 3.30. The van der Waals surface area contributed by atoms with Gasteiger partial charge in [0.25, 0.3) is 5.91 Å². The standard InChI is InChI=1S/C9H6F3NO3S/c10-9(11,12)17(15)5-1-2-7-6(3-5)13-8(14)4-16-7/h1-3H,4H2,(H,13,14). The Labute approximate surface area is 96.2 Å². The lowest BCUT2D eigenvalue weighted by Crippen LogP contribution is -2.25. The minimum absolute atomic E-state index is 0.0938. The Morgan fingerprint density at radius 1 is 1.35 bits per heavy atom. The molecule has 2 rings (SSSR count). The normalized spacial score (nSPS) is 16.8. The summed E-state index contributed by atoms with van der Waals surface area (Å²) in [5, 5.41) is 2.34. The fourth-order valence-electron chi connectivity index (χ4n) is 1.31. The third-order valence-electron chi connectivity index (χ3n) is 2.01. The molecule has 92 valence electrons. The van der Waals surface area contributed by atoms with Crippen molar-refractivity contribution in [2.24, 2.45) is 0 Å². The first-order valence-electron chi connectivity index (χ1n) is 4.43. The summed E-state index contributed by atoms with van der Waals surface area (Å²) in [5.74, 6) is -0.208. The Balaban J connectivity index is 2.37. The van der Waals surface area contributed by atoms with Gasteiger partial charge < -0.3 is 10.1 Å². The van der Waals surface area contributed by atoms with Gasteiger partial charge >= 0.3 is 5.51 Å². The van der Waals surface area contributed by atoms with Gasteiger partial charge in [0, 0.05) is 0 Å². The van der Waals surface area contributed by atoms with Crippen LogP contribution in [0.3, 0.4) is 0 Å². The molecule has 0 radical (unpaired) electrons. The van der Waals surface area contributed by atoms with E-state index in [0.717, 1.165) is 12.1 Å². The molecule has 0 fully saturated rings. The number of anilines is 1. The monoisotopic (exact) mass is 265 g/mol. The predicted molar refractivity (Wildman–Crippen MR) is 53.0 cm³/mol. The number of carbonyl (C=O) groups excluding carboxylic acids is 1. The SMILES string of the molecule is O=C1COc2ccc(S(=O)C(F)(F)F)cc2N1. The third-order valence-corrected chi connectivity index (χ3v) is 3.11. The molecule has 1 unspecified atom stereocenters. The summed E-state index contributed by atoms with van der Waals surface area (Å²) in [6.45, 7) is -0.186. The van der Waals surface area contributed by atoms with Gasteiger partial charge in [-0.1, -0.05) is 0 Å². The largest absolute Gasteiger partial charge is 0.482 e. The highest BCUT2D eigenvalue weighted by atomic mass is 32.2. The lowest BCUT2D eigenvalue weighted by atomic mass is 10.2. The molecule has 1 aromatic carbocycles. The van der Waals surface area contributed by atoms with Gasteiger partial charge in [0.15, 0.2) is 17.4 Å². The number of hydrogen-bond acceptors (Lipinski definition) is 3. The van der Waals surface area contributed by atoms with E-state index < -0.39 is 27.1 Å². The lowest BCUT2D eigenvalue weighted by Gasteiger charge is -2.18. The van der Waals surface area contributed by atoms with Crippen LogP contribution in [0, 0.1) is 0 Å². The first kappa shape index (κ1) is 11.9. The highest BCUT2D eigenvalue weighted by Crippen LogP contribution is 2.33. The zero-order chi connectivity index (χ0) is 12.6. The van der Waals surface area contributed by atoms with Crippen LogP contribution in [0.5, 0.6) is 5.75 Å². The number of carbonyl (C=O) groups is 1. The van der Waals surface area contributed by atoms with E-state index in [4.69, 9.17) is 4.74 Å². The average Bonchev–Trinajstić information content (AvgIpc) is 2.25. The highest BCUT2D eigenvalue weighted by Gasteiger charge is 2.38. The van der Waals surface area contributed by atoms with Crippen molar-refractivity contribution in [1.29, 1.82) is 0 Å². The Morgan fingerprint density at radius 2 is 2.06 bits per heavy atom. The molecule has 1 aliphatic rings. The summed E-state index contributed by atoms with van der Waals surface area (Å²) < 4.78 is 52.7. The molecule has 1 heterocycles. The molecule has 0 spiro atoms. The van der Waals surface area contributed by atoms with Crippen LogP contribution in [0.15, 0.2) is 23.1 Å². The fourth-order valence-corrected chi connectivity index (χ4v) is 1.99. The number of fused-ring (bicyclic) bond motifs is 1. The number of ether oxygens (including phenoxy) is 1. The molecule has 0 bridgehead atoms. The second-order valence-corrected chi connectivity index (χ2v) is 4.68. The number of hydrogen-bond donors (Lipinski definition) is 1. The maximum atomic E-state index is 12.2. The zero-order valence-electron chi connectivity index (χ0n) is 8.21. The molecule has 1 N–H and O–H groups in total. The molecule has 8 heteroatoms.